The number of carbonyl (C=O) groups is 1. The Kier molecular flexibility index (Phi) is 4.17. The van der Waals surface area contributed by atoms with Crippen LogP contribution in [0, 0.1) is 11.6 Å². The number of nitrogens with one attached hydrogen (secondary N) is 1. The predicted molar refractivity (Wildman–Crippen MR) is 73.5 cm³/mol. The molecular formula is C13H7BrClF2NO. The minimum Gasteiger partial charge on any atom is -0.319 e. The lowest BCUT2D eigenvalue weighted by atomic mass is 10.2. The standard InChI is InChI=1S/C13H7BrClF2NO/c14-8-5-4-7(6-10(8)16)13(19)18-11-3-1-2-9(15)12(11)17/h1-6H,(H,18,19). The second kappa shape index (κ2) is 5.67. The van der Waals surface area contributed by atoms with Gasteiger partial charge < -0.3 is 5.32 Å². The van der Waals surface area contributed by atoms with E-state index in [1.165, 1.54) is 30.3 Å². The molecule has 0 aliphatic carbocycles. The van der Waals surface area contributed by atoms with Crippen LogP contribution in [0.15, 0.2) is 40.9 Å². The maximum atomic E-state index is 13.6. The van der Waals surface area contributed by atoms with Crippen LogP contribution in [-0.2, 0) is 0 Å². The molecule has 1 amide bonds. The first-order valence-electron chi connectivity index (χ1n) is 5.19. The van der Waals surface area contributed by atoms with Crippen LogP contribution in [-0.4, -0.2) is 5.91 Å². The molecule has 0 spiro atoms. The summed E-state index contributed by atoms with van der Waals surface area (Å²) in [5, 5.41) is 2.24. The Morgan fingerprint density at radius 3 is 2.63 bits per heavy atom. The molecule has 0 aliphatic rings. The molecule has 0 aromatic heterocycles. The molecule has 0 heterocycles. The van der Waals surface area contributed by atoms with E-state index in [4.69, 9.17) is 11.6 Å². The Morgan fingerprint density at radius 1 is 1.21 bits per heavy atom. The van der Waals surface area contributed by atoms with Crippen molar-refractivity contribution in [2.24, 2.45) is 0 Å². The van der Waals surface area contributed by atoms with Crippen LogP contribution in [0.5, 0.6) is 0 Å². The molecule has 0 saturated heterocycles. The molecule has 98 valence electrons. The van der Waals surface area contributed by atoms with Crippen LogP contribution in [0.3, 0.4) is 0 Å². The van der Waals surface area contributed by atoms with Crippen molar-refractivity contribution in [2.75, 3.05) is 5.32 Å². The first kappa shape index (κ1) is 14.0. The van der Waals surface area contributed by atoms with Crippen molar-refractivity contribution < 1.29 is 13.6 Å². The van der Waals surface area contributed by atoms with Crippen molar-refractivity contribution >= 4 is 39.1 Å². The molecule has 0 bridgehead atoms. The van der Waals surface area contributed by atoms with Crippen molar-refractivity contribution in [3.8, 4) is 0 Å². The third-order valence-electron chi connectivity index (χ3n) is 2.38. The van der Waals surface area contributed by atoms with Crippen molar-refractivity contribution in [2.45, 2.75) is 0 Å². The predicted octanol–water partition coefficient (Wildman–Crippen LogP) is 4.63. The quantitative estimate of drug-likeness (QED) is 0.844. The normalized spacial score (nSPS) is 10.3. The first-order valence-corrected chi connectivity index (χ1v) is 6.36. The molecule has 1 N–H and O–H groups in total. The number of carbonyl (C=O) groups excluding carboxylic acids is 1. The van der Waals surface area contributed by atoms with E-state index in [2.05, 4.69) is 21.2 Å². The monoisotopic (exact) mass is 345 g/mol. The molecule has 0 unspecified atom stereocenters. The Bertz CT molecular complexity index is 649. The van der Waals surface area contributed by atoms with Gasteiger partial charge in [-0.05, 0) is 46.3 Å². The molecule has 2 nitrogen and oxygen atoms in total. The fourth-order valence-electron chi connectivity index (χ4n) is 1.43. The Hall–Kier alpha value is -1.46. The van der Waals surface area contributed by atoms with Gasteiger partial charge in [0.2, 0.25) is 0 Å². The third-order valence-corrected chi connectivity index (χ3v) is 3.32. The maximum Gasteiger partial charge on any atom is 0.255 e. The van der Waals surface area contributed by atoms with E-state index in [9.17, 15) is 13.6 Å². The largest absolute Gasteiger partial charge is 0.319 e. The van der Waals surface area contributed by atoms with Crippen LogP contribution < -0.4 is 5.32 Å². The van der Waals surface area contributed by atoms with E-state index >= 15 is 0 Å². The highest BCUT2D eigenvalue weighted by molar-refractivity contribution is 9.10. The van der Waals surface area contributed by atoms with Gasteiger partial charge in [0, 0.05) is 5.56 Å². The lowest BCUT2D eigenvalue weighted by Crippen LogP contribution is -2.13. The average Bonchev–Trinajstić information content (AvgIpc) is 2.38. The van der Waals surface area contributed by atoms with Gasteiger partial charge in [-0.3, -0.25) is 4.79 Å². The van der Waals surface area contributed by atoms with Gasteiger partial charge in [-0.2, -0.15) is 0 Å². The van der Waals surface area contributed by atoms with Crippen molar-refractivity contribution in [1.82, 2.24) is 0 Å². The fraction of sp³-hybridized carbons (Fsp3) is 0. The highest BCUT2D eigenvalue weighted by Gasteiger charge is 2.12. The zero-order valence-electron chi connectivity index (χ0n) is 9.38. The summed E-state index contributed by atoms with van der Waals surface area (Å²) in [4.78, 5) is 11.8. The summed E-state index contributed by atoms with van der Waals surface area (Å²) < 4.78 is 27.1. The lowest BCUT2D eigenvalue weighted by Gasteiger charge is -2.07. The smallest absolute Gasteiger partial charge is 0.255 e. The number of benzene rings is 2. The number of halogens is 4. The third kappa shape index (κ3) is 3.11. The first-order chi connectivity index (χ1) is 8.99. The molecule has 2 rings (SSSR count). The summed E-state index contributed by atoms with van der Waals surface area (Å²) >= 11 is 8.58. The number of anilines is 1. The molecule has 0 saturated carbocycles. The summed E-state index contributed by atoms with van der Waals surface area (Å²) in [5.41, 5.74) is 0.0286. The highest BCUT2D eigenvalue weighted by atomic mass is 79.9. The molecule has 6 heteroatoms. The van der Waals surface area contributed by atoms with Gasteiger partial charge in [0.05, 0.1) is 15.2 Å². The zero-order valence-corrected chi connectivity index (χ0v) is 11.7. The van der Waals surface area contributed by atoms with Crippen LogP contribution in [0.2, 0.25) is 5.02 Å². The maximum absolute atomic E-state index is 13.6. The van der Waals surface area contributed by atoms with Gasteiger partial charge in [0.15, 0.2) is 5.82 Å². The minimum absolute atomic E-state index is 0.0548. The SMILES string of the molecule is O=C(Nc1cccc(Cl)c1F)c1ccc(Br)c(F)c1. The molecule has 2 aromatic rings. The summed E-state index contributed by atoms with van der Waals surface area (Å²) in [7, 11) is 0. The van der Waals surface area contributed by atoms with E-state index in [0.717, 1.165) is 6.07 Å². The Balaban J connectivity index is 2.26. The number of amides is 1. The Morgan fingerprint density at radius 2 is 1.95 bits per heavy atom. The van der Waals surface area contributed by atoms with E-state index in [-0.39, 0.29) is 20.7 Å². The van der Waals surface area contributed by atoms with E-state index in [1.807, 2.05) is 0 Å². The van der Waals surface area contributed by atoms with Gasteiger partial charge in [0.25, 0.3) is 5.91 Å². The molecule has 19 heavy (non-hydrogen) atoms. The molecule has 2 aromatic carbocycles. The summed E-state index contributed by atoms with van der Waals surface area (Å²) in [6.45, 7) is 0. The van der Waals surface area contributed by atoms with Crippen molar-refractivity contribution in [1.29, 1.82) is 0 Å². The second-order valence-corrected chi connectivity index (χ2v) is 4.95. The molecule has 0 atom stereocenters. The average molecular weight is 347 g/mol. The van der Waals surface area contributed by atoms with Crippen LogP contribution in [0.4, 0.5) is 14.5 Å². The molecule has 0 radical (unpaired) electrons. The zero-order chi connectivity index (χ0) is 14.0. The summed E-state index contributed by atoms with van der Waals surface area (Å²) in [5.74, 6) is -1.91. The molecular weight excluding hydrogens is 340 g/mol. The lowest BCUT2D eigenvalue weighted by molar-refractivity contribution is 0.102. The topological polar surface area (TPSA) is 29.1 Å². The number of rotatable bonds is 2. The van der Waals surface area contributed by atoms with E-state index in [1.54, 1.807) is 0 Å². The van der Waals surface area contributed by atoms with Crippen LogP contribution in [0.1, 0.15) is 10.4 Å². The highest BCUT2D eigenvalue weighted by Crippen LogP contribution is 2.23. The van der Waals surface area contributed by atoms with Crippen LogP contribution >= 0.6 is 27.5 Å². The number of hydrogen-bond acceptors (Lipinski definition) is 1. The van der Waals surface area contributed by atoms with Gasteiger partial charge in [-0.15, -0.1) is 0 Å². The summed E-state index contributed by atoms with van der Waals surface area (Å²) in [6.07, 6.45) is 0. The van der Waals surface area contributed by atoms with Gasteiger partial charge in [-0.25, -0.2) is 8.78 Å². The molecule has 0 fully saturated rings. The van der Waals surface area contributed by atoms with Crippen molar-refractivity contribution in [3.05, 3.63) is 63.1 Å². The Labute approximate surface area is 121 Å². The van der Waals surface area contributed by atoms with Crippen molar-refractivity contribution in [3.63, 3.8) is 0 Å². The van der Waals surface area contributed by atoms with Gasteiger partial charge in [-0.1, -0.05) is 17.7 Å². The van der Waals surface area contributed by atoms with E-state index in [0.29, 0.717) is 0 Å². The second-order valence-electron chi connectivity index (χ2n) is 3.68. The van der Waals surface area contributed by atoms with E-state index < -0.39 is 17.5 Å². The summed E-state index contributed by atoms with van der Waals surface area (Å²) in [6, 6.07) is 8.12. The van der Waals surface area contributed by atoms with Crippen LogP contribution in [0.25, 0.3) is 0 Å². The van der Waals surface area contributed by atoms with Gasteiger partial charge >= 0.3 is 0 Å². The number of hydrogen-bond donors (Lipinski definition) is 1. The fourth-order valence-corrected chi connectivity index (χ4v) is 1.85. The molecule has 0 aliphatic heterocycles. The minimum atomic E-state index is -0.727. The van der Waals surface area contributed by atoms with Gasteiger partial charge in [0.1, 0.15) is 5.82 Å².